The van der Waals surface area contributed by atoms with Gasteiger partial charge < -0.3 is 10.1 Å². The van der Waals surface area contributed by atoms with Crippen LogP contribution in [0.5, 0.6) is 5.75 Å². The summed E-state index contributed by atoms with van der Waals surface area (Å²) in [7, 11) is 1.50. The third-order valence-electron chi connectivity index (χ3n) is 3.86. The molecule has 0 saturated heterocycles. The average molecular weight is 267 g/mol. The first-order chi connectivity index (χ1) is 9.01. The van der Waals surface area contributed by atoms with Crippen molar-refractivity contribution in [3.05, 3.63) is 29.6 Å². The molecule has 0 amide bonds. The molecule has 1 rings (SSSR count). The molecule has 0 bridgehead atoms. The number of hydrogen-bond acceptors (Lipinski definition) is 2. The van der Waals surface area contributed by atoms with Gasteiger partial charge in [-0.3, -0.25) is 0 Å². The highest BCUT2D eigenvalue weighted by Gasteiger charge is 2.21. The molecule has 0 aromatic heterocycles. The van der Waals surface area contributed by atoms with Gasteiger partial charge in [-0.25, -0.2) is 4.39 Å². The molecule has 0 heterocycles. The first-order valence-electron chi connectivity index (χ1n) is 7.06. The average Bonchev–Trinajstić information content (AvgIpc) is 2.39. The van der Waals surface area contributed by atoms with Crippen molar-refractivity contribution in [2.24, 2.45) is 11.8 Å². The minimum absolute atomic E-state index is 0.233. The molecule has 0 aliphatic carbocycles. The molecule has 19 heavy (non-hydrogen) atoms. The number of methoxy groups -OCH3 is 1. The second-order valence-electron chi connectivity index (χ2n) is 5.40. The Kier molecular flexibility index (Phi) is 6.29. The quantitative estimate of drug-likeness (QED) is 0.814. The van der Waals surface area contributed by atoms with Gasteiger partial charge >= 0.3 is 0 Å². The van der Waals surface area contributed by atoms with Gasteiger partial charge in [-0.15, -0.1) is 0 Å². The molecule has 108 valence electrons. The van der Waals surface area contributed by atoms with E-state index >= 15 is 0 Å². The van der Waals surface area contributed by atoms with Crippen LogP contribution in [0, 0.1) is 17.7 Å². The van der Waals surface area contributed by atoms with E-state index < -0.39 is 0 Å². The largest absolute Gasteiger partial charge is 0.494 e. The van der Waals surface area contributed by atoms with Crippen molar-refractivity contribution in [2.75, 3.05) is 13.7 Å². The van der Waals surface area contributed by atoms with E-state index in [0.29, 0.717) is 24.0 Å². The van der Waals surface area contributed by atoms with Gasteiger partial charge in [0.15, 0.2) is 11.6 Å². The lowest BCUT2D eigenvalue weighted by Gasteiger charge is -2.28. The number of likely N-dealkylation sites (N-methyl/N-ethyl adjacent to an activating group) is 1. The summed E-state index contributed by atoms with van der Waals surface area (Å²) in [6.07, 6.45) is 0.691. The zero-order chi connectivity index (χ0) is 14.4. The molecule has 2 atom stereocenters. The maximum Gasteiger partial charge on any atom is 0.168 e. The van der Waals surface area contributed by atoms with Gasteiger partial charge in [-0.05, 0) is 36.4 Å². The summed E-state index contributed by atoms with van der Waals surface area (Å²) in [6, 6.07) is 5.63. The topological polar surface area (TPSA) is 21.3 Å². The van der Waals surface area contributed by atoms with Crippen molar-refractivity contribution in [1.82, 2.24) is 5.32 Å². The molecule has 1 aromatic rings. The van der Waals surface area contributed by atoms with Crippen molar-refractivity contribution < 1.29 is 9.13 Å². The van der Waals surface area contributed by atoms with E-state index in [1.807, 2.05) is 12.1 Å². The van der Waals surface area contributed by atoms with Crippen molar-refractivity contribution >= 4 is 0 Å². The van der Waals surface area contributed by atoms with Crippen molar-refractivity contribution in [1.29, 1.82) is 0 Å². The maximum absolute atomic E-state index is 14.2. The number of halogens is 1. The fourth-order valence-electron chi connectivity index (χ4n) is 2.28. The highest BCUT2D eigenvalue weighted by atomic mass is 19.1. The van der Waals surface area contributed by atoms with E-state index in [2.05, 4.69) is 33.0 Å². The van der Waals surface area contributed by atoms with E-state index in [9.17, 15) is 4.39 Å². The summed E-state index contributed by atoms with van der Waals surface area (Å²) < 4.78 is 19.2. The Morgan fingerprint density at radius 1 is 1.26 bits per heavy atom. The molecule has 1 N–H and O–H groups in total. The SMILES string of the molecule is CCNC(Cc1cccc(OC)c1F)C(C)C(C)C. The standard InChI is InChI=1S/C16H26FNO/c1-6-18-14(12(4)11(2)3)10-13-8-7-9-15(19-5)16(13)17/h7-9,11-12,14,18H,6,10H2,1-5H3. The molecule has 2 unspecified atom stereocenters. The normalized spacial score (nSPS) is 14.5. The molecule has 1 aromatic carbocycles. The van der Waals surface area contributed by atoms with E-state index in [0.717, 1.165) is 12.1 Å². The Morgan fingerprint density at radius 3 is 2.47 bits per heavy atom. The van der Waals surface area contributed by atoms with Crippen LogP contribution in [-0.4, -0.2) is 19.7 Å². The molecule has 0 fully saturated rings. The molecule has 0 aliphatic heterocycles. The fraction of sp³-hybridized carbons (Fsp3) is 0.625. The van der Waals surface area contributed by atoms with Crippen LogP contribution in [-0.2, 0) is 6.42 Å². The molecule has 3 heteroatoms. The van der Waals surface area contributed by atoms with Crippen LogP contribution in [0.25, 0.3) is 0 Å². The van der Waals surface area contributed by atoms with Crippen LogP contribution < -0.4 is 10.1 Å². The number of ether oxygens (including phenoxy) is 1. The van der Waals surface area contributed by atoms with Gasteiger partial charge in [0.25, 0.3) is 0 Å². The predicted molar refractivity (Wildman–Crippen MR) is 78.1 cm³/mol. The van der Waals surface area contributed by atoms with Crippen molar-refractivity contribution in [3.8, 4) is 5.75 Å². The minimum atomic E-state index is -0.233. The molecular weight excluding hydrogens is 241 g/mol. The Hall–Kier alpha value is -1.09. The monoisotopic (exact) mass is 267 g/mol. The summed E-state index contributed by atoms with van der Waals surface area (Å²) >= 11 is 0. The van der Waals surface area contributed by atoms with Crippen LogP contribution in [0.15, 0.2) is 18.2 Å². The van der Waals surface area contributed by atoms with Crippen molar-refractivity contribution in [2.45, 2.75) is 40.2 Å². The van der Waals surface area contributed by atoms with Gasteiger partial charge in [-0.2, -0.15) is 0 Å². The number of hydrogen-bond donors (Lipinski definition) is 1. The van der Waals surface area contributed by atoms with E-state index in [1.54, 1.807) is 6.07 Å². The fourth-order valence-corrected chi connectivity index (χ4v) is 2.28. The van der Waals surface area contributed by atoms with Crippen LogP contribution in [0.1, 0.15) is 33.3 Å². The van der Waals surface area contributed by atoms with Crippen LogP contribution in [0.3, 0.4) is 0 Å². The van der Waals surface area contributed by atoms with Gasteiger partial charge in [0, 0.05) is 6.04 Å². The summed E-state index contributed by atoms with van der Waals surface area (Å²) in [5.41, 5.74) is 0.720. The third kappa shape index (κ3) is 4.20. The first-order valence-corrected chi connectivity index (χ1v) is 7.06. The van der Waals surface area contributed by atoms with Gasteiger partial charge in [0.1, 0.15) is 0 Å². The summed E-state index contributed by atoms with van der Waals surface area (Å²) in [5, 5.41) is 3.47. The Labute approximate surface area is 116 Å². The van der Waals surface area contributed by atoms with Crippen LogP contribution >= 0.6 is 0 Å². The van der Waals surface area contributed by atoms with Crippen molar-refractivity contribution in [3.63, 3.8) is 0 Å². The summed E-state index contributed by atoms with van der Waals surface area (Å²) in [4.78, 5) is 0. The smallest absolute Gasteiger partial charge is 0.168 e. The first kappa shape index (κ1) is 16.0. The molecule has 0 spiro atoms. The van der Waals surface area contributed by atoms with Crippen LogP contribution in [0.4, 0.5) is 4.39 Å². The second kappa shape index (κ2) is 7.49. The lowest BCUT2D eigenvalue weighted by Crippen LogP contribution is -2.39. The summed E-state index contributed by atoms with van der Waals surface area (Å²) in [6.45, 7) is 9.61. The molecule has 2 nitrogen and oxygen atoms in total. The third-order valence-corrected chi connectivity index (χ3v) is 3.86. The molecule has 0 saturated carbocycles. The highest BCUT2D eigenvalue weighted by Crippen LogP contribution is 2.24. The Bertz CT molecular complexity index is 392. The minimum Gasteiger partial charge on any atom is -0.494 e. The zero-order valence-electron chi connectivity index (χ0n) is 12.7. The molecule has 0 aliphatic rings. The maximum atomic E-state index is 14.2. The Balaban J connectivity index is 2.90. The number of benzene rings is 1. The van der Waals surface area contributed by atoms with Gasteiger partial charge in [0.2, 0.25) is 0 Å². The molecular formula is C16H26FNO. The van der Waals surface area contributed by atoms with Gasteiger partial charge in [0.05, 0.1) is 7.11 Å². The van der Waals surface area contributed by atoms with Gasteiger partial charge in [-0.1, -0.05) is 39.8 Å². The highest BCUT2D eigenvalue weighted by molar-refractivity contribution is 5.31. The predicted octanol–water partition coefficient (Wildman–Crippen LogP) is 3.65. The Morgan fingerprint density at radius 2 is 1.95 bits per heavy atom. The summed E-state index contributed by atoms with van der Waals surface area (Å²) in [5.74, 6) is 1.15. The lowest BCUT2D eigenvalue weighted by atomic mass is 9.86. The second-order valence-corrected chi connectivity index (χ2v) is 5.40. The number of rotatable bonds is 7. The molecule has 0 radical (unpaired) electrons. The number of nitrogens with one attached hydrogen (secondary N) is 1. The van der Waals surface area contributed by atoms with E-state index in [1.165, 1.54) is 7.11 Å². The van der Waals surface area contributed by atoms with E-state index in [4.69, 9.17) is 4.74 Å². The zero-order valence-corrected chi connectivity index (χ0v) is 12.7. The van der Waals surface area contributed by atoms with E-state index in [-0.39, 0.29) is 11.9 Å². The van der Waals surface area contributed by atoms with Crippen LogP contribution in [0.2, 0.25) is 0 Å². The lowest BCUT2D eigenvalue weighted by molar-refractivity contribution is 0.297.